The van der Waals surface area contributed by atoms with Crippen LogP contribution < -0.4 is 10.6 Å². The van der Waals surface area contributed by atoms with E-state index in [4.69, 9.17) is 5.73 Å². The predicted molar refractivity (Wildman–Crippen MR) is 58.3 cm³/mol. The molecule has 0 spiro atoms. The lowest BCUT2D eigenvalue weighted by atomic mass is 10.5. The standard InChI is InChI=1S/C9H19N5/c1-4-7-14-8(10)11-9(12-14)13(5-2)6-3/h4-7H2,1-3H3,(H2,10,11,12). The molecule has 0 amide bonds. The maximum absolute atomic E-state index is 5.74. The minimum atomic E-state index is 0.508. The number of rotatable bonds is 5. The van der Waals surface area contributed by atoms with Gasteiger partial charge in [-0.05, 0) is 20.3 Å². The van der Waals surface area contributed by atoms with Crippen LogP contribution in [0.4, 0.5) is 11.9 Å². The number of anilines is 2. The first-order valence-corrected chi connectivity index (χ1v) is 5.18. The van der Waals surface area contributed by atoms with Crippen molar-refractivity contribution < 1.29 is 0 Å². The van der Waals surface area contributed by atoms with Crippen LogP contribution in [0.15, 0.2) is 0 Å². The molecule has 5 nitrogen and oxygen atoms in total. The fourth-order valence-electron chi connectivity index (χ4n) is 1.36. The van der Waals surface area contributed by atoms with E-state index < -0.39 is 0 Å². The molecule has 0 aliphatic rings. The van der Waals surface area contributed by atoms with E-state index in [0.717, 1.165) is 32.0 Å². The number of nitrogens with zero attached hydrogens (tertiary/aromatic N) is 4. The van der Waals surface area contributed by atoms with Gasteiger partial charge in [0.05, 0.1) is 0 Å². The number of nitrogen functional groups attached to an aromatic ring is 1. The van der Waals surface area contributed by atoms with Gasteiger partial charge in [-0.2, -0.15) is 4.98 Å². The maximum Gasteiger partial charge on any atom is 0.246 e. The minimum absolute atomic E-state index is 0.508. The van der Waals surface area contributed by atoms with E-state index in [1.165, 1.54) is 0 Å². The van der Waals surface area contributed by atoms with Gasteiger partial charge >= 0.3 is 0 Å². The molecule has 80 valence electrons. The Kier molecular flexibility index (Phi) is 3.73. The van der Waals surface area contributed by atoms with Crippen molar-refractivity contribution in [1.29, 1.82) is 0 Å². The van der Waals surface area contributed by atoms with E-state index in [0.29, 0.717) is 5.95 Å². The summed E-state index contributed by atoms with van der Waals surface area (Å²) in [5.74, 6) is 1.25. The van der Waals surface area contributed by atoms with Gasteiger partial charge in [0.1, 0.15) is 0 Å². The summed E-state index contributed by atoms with van der Waals surface area (Å²) in [6.45, 7) is 8.91. The Balaban J connectivity index is 2.83. The largest absolute Gasteiger partial charge is 0.368 e. The topological polar surface area (TPSA) is 60.0 Å². The first kappa shape index (κ1) is 10.8. The molecule has 1 aromatic rings. The van der Waals surface area contributed by atoms with Gasteiger partial charge in [-0.15, -0.1) is 5.10 Å². The number of aryl methyl sites for hydroxylation is 1. The zero-order valence-corrected chi connectivity index (χ0v) is 9.19. The SMILES string of the molecule is CCCn1nc(N(CC)CC)nc1N. The highest BCUT2D eigenvalue weighted by molar-refractivity contribution is 5.34. The van der Waals surface area contributed by atoms with Crippen LogP contribution in [0.1, 0.15) is 27.2 Å². The van der Waals surface area contributed by atoms with Crippen molar-refractivity contribution in [2.24, 2.45) is 0 Å². The van der Waals surface area contributed by atoms with Crippen molar-refractivity contribution >= 4 is 11.9 Å². The second-order valence-corrected chi connectivity index (χ2v) is 3.17. The van der Waals surface area contributed by atoms with Crippen LogP contribution in [-0.4, -0.2) is 27.9 Å². The summed E-state index contributed by atoms with van der Waals surface area (Å²) >= 11 is 0. The summed E-state index contributed by atoms with van der Waals surface area (Å²) in [6, 6.07) is 0. The number of hydrogen-bond donors (Lipinski definition) is 1. The number of nitrogens with two attached hydrogens (primary N) is 1. The molecule has 0 bridgehead atoms. The van der Waals surface area contributed by atoms with E-state index >= 15 is 0 Å². The summed E-state index contributed by atoms with van der Waals surface area (Å²) in [5.41, 5.74) is 5.74. The highest BCUT2D eigenvalue weighted by Crippen LogP contribution is 2.10. The predicted octanol–water partition coefficient (Wildman–Crippen LogP) is 1.12. The molecule has 0 aromatic carbocycles. The van der Waals surface area contributed by atoms with Crippen LogP contribution in [0.3, 0.4) is 0 Å². The quantitative estimate of drug-likeness (QED) is 0.768. The molecule has 1 heterocycles. The highest BCUT2D eigenvalue weighted by atomic mass is 15.4. The average Bonchev–Trinajstić information content (AvgIpc) is 2.51. The Hall–Kier alpha value is -1.26. The molecule has 0 aliphatic heterocycles. The van der Waals surface area contributed by atoms with Crippen molar-refractivity contribution in [1.82, 2.24) is 14.8 Å². The van der Waals surface area contributed by atoms with E-state index in [1.807, 2.05) is 0 Å². The lowest BCUT2D eigenvalue weighted by molar-refractivity contribution is 0.607. The minimum Gasteiger partial charge on any atom is -0.368 e. The molecule has 0 atom stereocenters. The maximum atomic E-state index is 5.74. The lowest BCUT2D eigenvalue weighted by Crippen LogP contribution is -2.23. The molecule has 0 radical (unpaired) electrons. The molecular weight excluding hydrogens is 178 g/mol. The fraction of sp³-hybridized carbons (Fsp3) is 0.778. The summed E-state index contributed by atoms with van der Waals surface area (Å²) in [7, 11) is 0. The first-order valence-electron chi connectivity index (χ1n) is 5.18. The Labute approximate surface area is 84.9 Å². The summed E-state index contributed by atoms with van der Waals surface area (Å²) < 4.78 is 1.76. The first-order chi connectivity index (χ1) is 6.72. The molecule has 2 N–H and O–H groups in total. The molecule has 14 heavy (non-hydrogen) atoms. The van der Waals surface area contributed by atoms with Gasteiger partial charge < -0.3 is 10.6 Å². The van der Waals surface area contributed by atoms with Crippen molar-refractivity contribution in [2.45, 2.75) is 33.7 Å². The third kappa shape index (κ3) is 2.16. The molecule has 5 heteroatoms. The molecule has 0 saturated heterocycles. The molecule has 1 aromatic heterocycles. The summed E-state index contributed by atoms with van der Waals surface area (Å²) in [6.07, 6.45) is 1.02. The van der Waals surface area contributed by atoms with Crippen molar-refractivity contribution in [3.63, 3.8) is 0 Å². The summed E-state index contributed by atoms with van der Waals surface area (Å²) in [5, 5.41) is 4.35. The third-order valence-corrected chi connectivity index (χ3v) is 2.17. The average molecular weight is 197 g/mol. The van der Waals surface area contributed by atoms with Gasteiger partial charge in [-0.1, -0.05) is 6.92 Å². The highest BCUT2D eigenvalue weighted by Gasteiger charge is 2.10. The van der Waals surface area contributed by atoms with Crippen LogP contribution in [0.5, 0.6) is 0 Å². The third-order valence-electron chi connectivity index (χ3n) is 2.17. The molecule has 1 rings (SSSR count). The van der Waals surface area contributed by atoms with Crippen LogP contribution >= 0.6 is 0 Å². The van der Waals surface area contributed by atoms with E-state index in [1.54, 1.807) is 4.68 Å². The van der Waals surface area contributed by atoms with Gasteiger partial charge in [0.25, 0.3) is 0 Å². The number of hydrogen-bond acceptors (Lipinski definition) is 4. The van der Waals surface area contributed by atoms with Gasteiger partial charge in [0.2, 0.25) is 11.9 Å². The van der Waals surface area contributed by atoms with Crippen LogP contribution in [-0.2, 0) is 6.54 Å². The Morgan fingerprint density at radius 1 is 1.29 bits per heavy atom. The zero-order valence-electron chi connectivity index (χ0n) is 9.19. The molecular formula is C9H19N5. The lowest BCUT2D eigenvalue weighted by Gasteiger charge is -2.15. The fourth-order valence-corrected chi connectivity index (χ4v) is 1.36. The van der Waals surface area contributed by atoms with E-state index in [9.17, 15) is 0 Å². The Morgan fingerprint density at radius 2 is 1.93 bits per heavy atom. The van der Waals surface area contributed by atoms with Gasteiger partial charge in [0, 0.05) is 19.6 Å². The van der Waals surface area contributed by atoms with Gasteiger partial charge in [-0.25, -0.2) is 4.68 Å². The smallest absolute Gasteiger partial charge is 0.246 e. The van der Waals surface area contributed by atoms with Crippen LogP contribution in [0.25, 0.3) is 0 Å². The molecule has 0 aliphatic carbocycles. The molecule has 0 unspecified atom stereocenters. The monoisotopic (exact) mass is 197 g/mol. The normalized spacial score (nSPS) is 10.5. The summed E-state index contributed by atoms with van der Waals surface area (Å²) in [4.78, 5) is 6.31. The number of aromatic nitrogens is 3. The van der Waals surface area contributed by atoms with Crippen LogP contribution in [0, 0.1) is 0 Å². The Bertz CT molecular complexity index is 277. The van der Waals surface area contributed by atoms with Gasteiger partial charge in [0.15, 0.2) is 0 Å². The second kappa shape index (κ2) is 4.83. The van der Waals surface area contributed by atoms with Crippen molar-refractivity contribution in [2.75, 3.05) is 23.7 Å². The molecule has 0 fully saturated rings. The van der Waals surface area contributed by atoms with Crippen molar-refractivity contribution in [3.05, 3.63) is 0 Å². The Morgan fingerprint density at radius 3 is 2.43 bits per heavy atom. The van der Waals surface area contributed by atoms with E-state index in [-0.39, 0.29) is 0 Å². The van der Waals surface area contributed by atoms with E-state index in [2.05, 4.69) is 35.8 Å². The molecule has 0 saturated carbocycles. The van der Waals surface area contributed by atoms with Crippen LogP contribution in [0.2, 0.25) is 0 Å². The van der Waals surface area contributed by atoms with Crippen molar-refractivity contribution in [3.8, 4) is 0 Å². The second-order valence-electron chi connectivity index (χ2n) is 3.17. The zero-order chi connectivity index (χ0) is 10.6. The van der Waals surface area contributed by atoms with Gasteiger partial charge in [-0.3, -0.25) is 0 Å².